The van der Waals surface area contributed by atoms with Crippen molar-refractivity contribution in [3.8, 4) is 0 Å². The number of hydrogen-bond acceptors (Lipinski definition) is 5. The zero-order chi connectivity index (χ0) is 19.9. The highest BCUT2D eigenvalue weighted by Crippen LogP contribution is 2.26. The molecule has 0 spiro atoms. The number of halogens is 1. The first-order valence-electron chi connectivity index (χ1n) is 8.78. The normalized spacial score (nSPS) is 20.7. The molecule has 0 saturated carbocycles. The van der Waals surface area contributed by atoms with Gasteiger partial charge in [-0.3, -0.25) is 9.69 Å². The molecule has 7 nitrogen and oxygen atoms in total. The summed E-state index contributed by atoms with van der Waals surface area (Å²) < 4.78 is 39.9. The van der Waals surface area contributed by atoms with Crippen LogP contribution in [-0.4, -0.2) is 66.7 Å². The fraction of sp³-hybridized carbons (Fsp3) is 0.333. The van der Waals surface area contributed by atoms with Crippen molar-refractivity contribution in [3.05, 3.63) is 52.5 Å². The van der Waals surface area contributed by atoms with Crippen LogP contribution in [0.25, 0.3) is 0 Å². The first-order valence-corrected chi connectivity index (χ1v) is 11.1. The molecule has 0 N–H and O–H groups in total. The summed E-state index contributed by atoms with van der Waals surface area (Å²) in [4.78, 5) is 29.0. The molecule has 0 bridgehead atoms. The number of carbonyl (C=O) groups excluding carboxylic acids is 2. The number of benzene rings is 1. The lowest BCUT2D eigenvalue weighted by atomic mass is 10.2. The molecule has 0 unspecified atom stereocenters. The van der Waals surface area contributed by atoms with Gasteiger partial charge in [-0.2, -0.15) is 4.31 Å². The number of sulfonamides is 1. The van der Waals surface area contributed by atoms with Crippen LogP contribution in [0.1, 0.15) is 4.88 Å². The predicted molar refractivity (Wildman–Crippen MR) is 101 cm³/mol. The highest BCUT2D eigenvalue weighted by atomic mass is 32.2. The van der Waals surface area contributed by atoms with Crippen LogP contribution >= 0.6 is 11.3 Å². The van der Waals surface area contributed by atoms with Gasteiger partial charge in [0.15, 0.2) is 0 Å². The van der Waals surface area contributed by atoms with E-state index in [4.69, 9.17) is 0 Å². The Balaban J connectivity index is 1.49. The summed E-state index contributed by atoms with van der Waals surface area (Å²) in [5, 5.41) is 1.93. The molecular formula is C18H18FN3O4S2. The van der Waals surface area contributed by atoms with Crippen LogP contribution in [0.4, 0.5) is 9.18 Å². The number of imide groups is 1. The zero-order valence-electron chi connectivity index (χ0n) is 14.8. The Labute approximate surface area is 166 Å². The SMILES string of the molecule is O=C1[C@H]2CN(S(=O)(=O)c3ccc(F)cc3)CCN2C(=O)N1CCc1cccs1. The minimum absolute atomic E-state index is 0.0336. The highest BCUT2D eigenvalue weighted by molar-refractivity contribution is 7.89. The summed E-state index contributed by atoms with van der Waals surface area (Å²) in [5.74, 6) is -0.901. The monoisotopic (exact) mass is 423 g/mol. The fourth-order valence-electron chi connectivity index (χ4n) is 3.48. The third-order valence-corrected chi connectivity index (χ3v) is 7.80. The molecule has 3 amide bonds. The van der Waals surface area contributed by atoms with E-state index in [1.165, 1.54) is 26.2 Å². The van der Waals surface area contributed by atoms with E-state index in [-0.39, 0.29) is 43.0 Å². The van der Waals surface area contributed by atoms with Gasteiger partial charge in [0.25, 0.3) is 5.91 Å². The van der Waals surface area contributed by atoms with Crippen molar-refractivity contribution in [1.82, 2.24) is 14.1 Å². The molecule has 1 aromatic carbocycles. The fourth-order valence-corrected chi connectivity index (χ4v) is 5.62. The summed E-state index contributed by atoms with van der Waals surface area (Å²) in [6.07, 6.45) is 0.577. The Morgan fingerprint density at radius 1 is 1.11 bits per heavy atom. The summed E-state index contributed by atoms with van der Waals surface area (Å²) >= 11 is 1.56. The van der Waals surface area contributed by atoms with Gasteiger partial charge >= 0.3 is 6.03 Å². The van der Waals surface area contributed by atoms with Crippen LogP contribution in [0.15, 0.2) is 46.7 Å². The van der Waals surface area contributed by atoms with Crippen molar-refractivity contribution in [1.29, 1.82) is 0 Å². The molecule has 1 aromatic heterocycles. The quantitative estimate of drug-likeness (QED) is 0.687. The summed E-state index contributed by atoms with van der Waals surface area (Å²) in [5.41, 5.74) is 0. The molecule has 4 rings (SSSR count). The molecule has 2 saturated heterocycles. The van der Waals surface area contributed by atoms with Gasteiger partial charge in [0.05, 0.1) is 4.90 Å². The van der Waals surface area contributed by atoms with Gasteiger partial charge in [-0.15, -0.1) is 11.3 Å². The van der Waals surface area contributed by atoms with Crippen LogP contribution in [0.3, 0.4) is 0 Å². The predicted octanol–water partition coefficient (Wildman–Crippen LogP) is 1.77. The second kappa shape index (κ2) is 7.26. The van der Waals surface area contributed by atoms with Crippen LogP contribution < -0.4 is 0 Å². The van der Waals surface area contributed by atoms with Gasteiger partial charge in [0.2, 0.25) is 10.0 Å². The molecule has 28 heavy (non-hydrogen) atoms. The van der Waals surface area contributed by atoms with Gasteiger partial charge in [-0.1, -0.05) is 6.07 Å². The average molecular weight is 423 g/mol. The molecule has 2 aliphatic rings. The molecule has 148 valence electrons. The molecule has 1 atom stereocenters. The first-order chi connectivity index (χ1) is 13.4. The topological polar surface area (TPSA) is 78.0 Å². The van der Waals surface area contributed by atoms with E-state index in [2.05, 4.69) is 0 Å². The largest absolute Gasteiger partial charge is 0.327 e. The van der Waals surface area contributed by atoms with Gasteiger partial charge in [0, 0.05) is 31.1 Å². The maximum atomic E-state index is 13.1. The van der Waals surface area contributed by atoms with Gasteiger partial charge < -0.3 is 4.90 Å². The lowest BCUT2D eigenvalue weighted by molar-refractivity contribution is -0.128. The van der Waals surface area contributed by atoms with E-state index in [0.29, 0.717) is 6.42 Å². The van der Waals surface area contributed by atoms with Crippen LogP contribution in [0.5, 0.6) is 0 Å². The standard InChI is InChI=1S/C18H18FN3O4S2/c19-13-3-5-15(6-4-13)28(25,26)20-9-10-21-16(12-20)17(23)22(18(21)24)8-7-14-2-1-11-27-14/h1-6,11,16H,7-10,12H2/t16-/m1/s1. The molecule has 2 aromatic rings. The lowest BCUT2D eigenvalue weighted by Gasteiger charge is -2.34. The average Bonchev–Trinajstić information content (AvgIpc) is 3.28. The molecule has 0 aliphatic carbocycles. The van der Waals surface area contributed by atoms with E-state index >= 15 is 0 Å². The summed E-state index contributed by atoms with van der Waals surface area (Å²) in [6.45, 7) is 0.412. The van der Waals surface area contributed by atoms with Crippen molar-refractivity contribution >= 4 is 33.3 Å². The van der Waals surface area contributed by atoms with Gasteiger partial charge in [0.1, 0.15) is 11.9 Å². The van der Waals surface area contributed by atoms with Crippen molar-refractivity contribution in [2.45, 2.75) is 17.4 Å². The third kappa shape index (κ3) is 3.31. The number of amides is 3. The third-order valence-electron chi connectivity index (χ3n) is 4.98. The van der Waals surface area contributed by atoms with E-state index in [0.717, 1.165) is 17.0 Å². The smallest absolute Gasteiger partial charge is 0.310 e. The number of piperazine rings is 1. The van der Waals surface area contributed by atoms with E-state index in [9.17, 15) is 22.4 Å². The highest BCUT2D eigenvalue weighted by Gasteiger charge is 2.49. The van der Waals surface area contributed by atoms with E-state index in [1.54, 1.807) is 11.3 Å². The Kier molecular flexibility index (Phi) is 4.94. The number of rotatable bonds is 5. The number of carbonyl (C=O) groups is 2. The first kappa shape index (κ1) is 19.0. The maximum Gasteiger partial charge on any atom is 0.327 e. The minimum atomic E-state index is -3.86. The zero-order valence-corrected chi connectivity index (χ0v) is 16.5. The van der Waals surface area contributed by atoms with E-state index in [1.807, 2.05) is 17.5 Å². The van der Waals surface area contributed by atoms with Crippen molar-refractivity contribution in [2.75, 3.05) is 26.2 Å². The maximum absolute atomic E-state index is 13.1. The van der Waals surface area contributed by atoms with Crippen LogP contribution in [0.2, 0.25) is 0 Å². The summed E-state index contributed by atoms with van der Waals surface area (Å²) in [6, 6.07) is 7.23. The minimum Gasteiger partial charge on any atom is -0.310 e. The molecule has 2 fully saturated rings. The van der Waals surface area contributed by atoms with Gasteiger partial charge in [-0.05, 0) is 42.1 Å². The Hall–Kier alpha value is -2.30. The molecule has 3 heterocycles. The Bertz CT molecular complexity index is 992. The number of thiophene rings is 1. The van der Waals surface area contributed by atoms with Gasteiger partial charge in [-0.25, -0.2) is 17.6 Å². The number of nitrogens with zero attached hydrogens (tertiary/aromatic N) is 3. The van der Waals surface area contributed by atoms with Crippen LogP contribution in [-0.2, 0) is 21.2 Å². The van der Waals surface area contributed by atoms with Crippen molar-refractivity contribution in [3.63, 3.8) is 0 Å². The number of urea groups is 1. The summed E-state index contributed by atoms with van der Waals surface area (Å²) in [7, 11) is -3.86. The second-order valence-electron chi connectivity index (χ2n) is 6.63. The van der Waals surface area contributed by atoms with Crippen molar-refractivity contribution < 1.29 is 22.4 Å². The molecular weight excluding hydrogens is 405 g/mol. The number of hydrogen-bond donors (Lipinski definition) is 0. The van der Waals surface area contributed by atoms with E-state index < -0.39 is 21.9 Å². The van der Waals surface area contributed by atoms with Crippen LogP contribution in [0, 0.1) is 5.82 Å². The molecule has 0 radical (unpaired) electrons. The molecule has 10 heteroatoms. The Morgan fingerprint density at radius 3 is 2.54 bits per heavy atom. The Morgan fingerprint density at radius 2 is 1.86 bits per heavy atom. The lowest BCUT2D eigenvalue weighted by Crippen LogP contribution is -2.54. The molecule has 2 aliphatic heterocycles. The number of fused-ring (bicyclic) bond motifs is 1. The second-order valence-corrected chi connectivity index (χ2v) is 9.60. The van der Waals surface area contributed by atoms with Crippen molar-refractivity contribution in [2.24, 2.45) is 0 Å².